The van der Waals surface area contributed by atoms with Gasteiger partial charge in [-0.3, -0.25) is 29.4 Å². The zero-order valence-corrected chi connectivity index (χ0v) is 17.2. The molecular formula is C22H30N4O4. The molecule has 2 heterocycles. The molecule has 30 heavy (non-hydrogen) atoms. The zero-order chi connectivity index (χ0) is 21.5. The highest BCUT2D eigenvalue weighted by Gasteiger charge is 2.45. The lowest BCUT2D eigenvalue weighted by atomic mass is 10.0. The van der Waals surface area contributed by atoms with E-state index >= 15 is 0 Å². The summed E-state index contributed by atoms with van der Waals surface area (Å²) in [5.41, 5.74) is 6.72. The molecule has 0 saturated carbocycles. The van der Waals surface area contributed by atoms with Crippen LogP contribution in [0.25, 0.3) is 0 Å². The first-order valence-corrected chi connectivity index (χ1v) is 10.8. The zero-order valence-electron chi connectivity index (χ0n) is 17.2. The normalized spacial score (nSPS) is 18.6. The third kappa shape index (κ3) is 4.87. The Balaban J connectivity index is 1.56. The quantitative estimate of drug-likeness (QED) is 0.377. The van der Waals surface area contributed by atoms with Crippen molar-refractivity contribution in [3.05, 3.63) is 29.3 Å². The number of fused-ring (bicyclic) bond motifs is 1. The molecule has 162 valence electrons. The van der Waals surface area contributed by atoms with Crippen LogP contribution in [0.15, 0.2) is 18.2 Å². The predicted octanol–water partition coefficient (Wildman–Crippen LogP) is 2.19. The van der Waals surface area contributed by atoms with Crippen molar-refractivity contribution in [3.8, 4) is 0 Å². The lowest BCUT2D eigenvalue weighted by molar-refractivity contribution is -0.136. The number of hydrogen-bond acceptors (Lipinski definition) is 6. The first kappa shape index (κ1) is 22.0. The molecule has 1 unspecified atom stereocenters. The first-order valence-electron chi connectivity index (χ1n) is 10.8. The second-order valence-corrected chi connectivity index (χ2v) is 7.87. The smallest absolute Gasteiger partial charge is 0.264 e. The van der Waals surface area contributed by atoms with E-state index in [4.69, 9.17) is 5.73 Å². The van der Waals surface area contributed by atoms with Crippen LogP contribution in [0.4, 0.5) is 5.69 Å². The fourth-order valence-corrected chi connectivity index (χ4v) is 4.04. The van der Waals surface area contributed by atoms with Crippen LogP contribution < -0.4 is 16.4 Å². The van der Waals surface area contributed by atoms with Crippen LogP contribution in [0, 0.1) is 0 Å². The Morgan fingerprint density at radius 3 is 2.37 bits per heavy atom. The second kappa shape index (κ2) is 10.3. The number of carbonyl (C=O) groups is 4. The summed E-state index contributed by atoms with van der Waals surface area (Å²) in [7, 11) is 0. The molecule has 0 radical (unpaired) electrons. The summed E-state index contributed by atoms with van der Waals surface area (Å²) in [6.45, 7) is 1.46. The van der Waals surface area contributed by atoms with Gasteiger partial charge in [0.15, 0.2) is 0 Å². The molecule has 1 aromatic carbocycles. The average Bonchev–Trinajstić information content (AvgIpc) is 2.98. The van der Waals surface area contributed by atoms with E-state index in [1.807, 2.05) is 0 Å². The largest absolute Gasteiger partial charge is 0.384 e. The van der Waals surface area contributed by atoms with Gasteiger partial charge in [0.05, 0.1) is 11.1 Å². The molecule has 1 saturated heterocycles. The average molecular weight is 415 g/mol. The first-order chi connectivity index (χ1) is 14.5. The van der Waals surface area contributed by atoms with E-state index in [-0.39, 0.29) is 18.7 Å². The molecule has 4 N–H and O–H groups in total. The minimum absolute atomic E-state index is 0.112. The Bertz CT molecular complexity index is 823. The maximum Gasteiger partial charge on any atom is 0.264 e. The Morgan fingerprint density at radius 1 is 0.967 bits per heavy atom. The van der Waals surface area contributed by atoms with Crippen molar-refractivity contribution in [2.45, 2.75) is 63.8 Å². The van der Waals surface area contributed by atoms with Crippen LogP contribution in [0.5, 0.6) is 0 Å². The number of rotatable bonds is 11. The monoisotopic (exact) mass is 414 g/mol. The molecule has 0 spiro atoms. The summed E-state index contributed by atoms with van der Waals surface area (Å²) < 4.78 is 0. The van der Waals surface area contributed by atoms with Gasteiger partial charge in [-0.1, -0.05) is 38.2 Å². The van der Waals surface area contributed by atoms with Crippen LogP contribution in [0.2, 0.25) is 0 Å². The Hall–Kier alpha value is -2.74. The number of amides is 4. The van der Waals surface area contributed by atoms with Crippen LogP contribution >= 0.6 is 0 Å². The highest BCUT2D eigenvalue weighted by Crippen LogP contribution is 2.32. The van der Waals surface area contributed by atoms with E-state index in [1.54, 1.807) is 18.2 Å². The van der Waals surface area contributed by atoms with Crippen molar-refractivity contribution in [1.82, 2.24) is 10.2 Å². The summed E-state index contributed by atoms with van der Waals surface area (Å²) in [4.78, 5) is 50.4. The van der Waals surface area contributed by atoms with Gasteiger partial charge >= 0.3 is 0 Å². The number of hydrogen-bond donors (Lipinski definition) is 3. The maximum absolute atomic E-state index is 13.0. The fourth-order valence-electron chi connectivity index (χ4n) is 4.04. The molecule has 2 aliphatic heterocycles. The molecule has 8 heteroatoms. The van der Waals surface area contributed by atoms with Gasteiger partial charge in [-0.2, -0.15) is 0 Å². The number of benzene rings is 1. The van der Waals surface area contributed by atoms with Gasteiger partial charge in [-0.25, -0.2) is 0 Å². The van der Waals surface area contributed by atoms with E-state index in [2.05, 4.69) is 10.6 Å². The number of piperidine rings is 1. The molecule has 1 fully saturated rings. The summed E-state index contributed by atoms with van der Waals surface area (Å²) in [5, 5.41) is 5.49. The highest BCUT2D eigenvalue weighted by atomic mass is 16.2. The Morgan fingerprint density at radius 2 is 1.67 bits per heavy atom. The fraction of sp³-hybridized carbons (Fsp3) is 0.545. The van der Waals surface area contributed by atoms with Crippen molar-refractivity contribution in [2.75, 3.05) is 18.4 Å². The number of nitrogens with zero attached hydrogens (tertiary/aromatic N) is 1. The standard InChI is InChI=1S/C22H30N4O4/c23-13-6-4-2-1-3-5-7-14-24-16-10-8-9-15-19(16)22(30)26(21(15)29)17-11-12-18(27)25-20(17)28/h8-10,17,24H,1-7,11-14,23H2,(H,25,27,28). The molecule has 0 aliphatic carbocycles. The van der Waals surface area contributed by atoms with E-state index in [1.165, 1.54) is 25.7 Å². The SMILES string of the molecule is NCCCCCCCCCNc1cccc2c1C(=O)N(C1CCC(=O)NC1=O)C2=O. The van der Waals surface area contributed by atoms with Gasteiger partial charge in [0.25, 0.3) is 11.8 Å². The number of carbonyl (C=O) groups excluding carboxylic acids is 4. The molecular weight excluding hydrogens is 384 g/mol. The Labute approximate surface area is 176 Å². The van der Waals surface area contributed by atoms with Gasteiger partial charge in [0.1, 0.15) is 6.04 Å². The number of imide groups is 2. The minimum Gasteiger partial charge on any atom is -0.384 e. The second-order valence-electron chi connectivity index (χ2n) is 7.87. The topological polar surface area (TPSA) is 122 Å². The number of nitrogens with two attached hydrogens (primary N) is 1. The highest BCUT2D eigenvalue weighted by molar-refractivity contribution is 6.25. The third-order valence-corrected chi connectivity index (χ3v) is 5.66. The van der Waals surface area contributed by atoms with E-state index < -0.39 is 23.8 Å². The van der Waals surface area contributed by atoms with Crippen LogP contribution in [-0.2, 0) is 9.59 Å². The van der Waals surface area contributed by atoms with Gasteiger partial charge < -0.3 is 11.1 Å². The van der Waals surface area contributed by atoms with Crippen molar-refractivity contribution in [3.63, 3.8) is 0 Å². The van der Waals surface area contributed by atoms with Crippen molar-refractivity contribution >= 4 is 29.3 Å². The van der Waals surface area contributed by atoms with Gasteiger partial charge in [0, 0.05) is 18.7 Å². The lowest BCUT2D eigenvalue weighted by Crippen LogP contribution is -2.54. The molecule has 8 nitrogen and oxygen atoms in total. The maximum atomic E-state index is 13.0. The number of anilines is 1. The molecule has 4 amide bonds. The molecule has 3 rings (SSSR count). The third-order valence-electron chi connectivity index (χ3n) is 5.66. The van der Waals surface area contributed by atoms with Gasteiger partial charge in [-0.05, 0) is 37.9 Å². The Kier molecular flexibility index (Phi) is 7.57. The van der Waals surface area contributed by atoms with E-state index in [0.717, 1.165) is 30.7 Å². The number of nitrogens with one attached hydrogen (secondary N) is 2. The summed E-state index contributed by atoms with van der Waals surface area (Å²) in [5.74, 6) is -1.94. The summed E-state index contributed by atoms with van der Waals surface area (Å²) >= 11 is 0. The number of unbranched alkanes of at least 4 members (excludes halogenated alkanes) is 6. The van der Waals surface area contributed by atoms with Crippen molar-refractivity contribution in [2.24, 2.45) is 5.73 Å². The van der Waals surface area contributed by atoms with E-state index in [0.29, 0.717) is 23.4 Å². The summed E-state index contributed by atoms with van der Waals surface area (Å²) in [6.07, 6.45) is 8.19. The molecule has 0 aromatic heterocycles. The van der Waals surface area contributed by atoms with Crippen LogP contribution in [0.1, 0.15) is 78.5 Å². The van der Waals surface area contributed by atoms with Gasteiger partial charge in [-0.15, -0.1) is 0 Å². The van der Waals surface area contributed by atoms with Crippen LogP contribution in [0.3, 0.4) is 0 Å². The van der Waals surface area contributed by atoms with E-state index in [9.17, 15) is 19.2 Å². The van der Waals surface area contributed by atoms with Crippen molar-refractivity contribution in [1.29, 1.82) is 0 Å². The lowest BCUT2D eigenvalue weighted by Gasteiger charge is -2.27. The molecule has 0 bridgehead atoms. The van der Waals surface area contributed by atoms with Crippen molar-refractivity contribution < 1.29 is 19.2 Å². The predicted molar refractivity (Wildman–Crippen MR) is 113 cm³/mol. The summed E-state index contributed by atoms with van der Waals surface area (Å²) in [6, 6.07) is 4.18. The molecule has 2 aliphatic rings. The molecule has 1 atom stereocenters. The van der Waals surface area contributed by atoms with Gasteiger partial charge in [0.2, 0.25) is 11.8 Å². The van der Waals surface area contributed by atoms with Crippen LogP contribution in [-0.4, -0.2) is 47.7 Å². The minimum atomic E-state index is -0.942. The molecule has 1 aromatic rings.